The highest BCUT2D eigenvalue weighted by Crippen LogP contribution is 2.39. The number of nitro groups is 1. The van der Waals surface area contributed by atoms with Crippen LogP contribution in [0.4, 0.5) is 10.7 Å². The SMILES string of the molecule is CNc1sc(S(=O)(=O)N2CC(C)CC2C)cc1[N+](=O)[O-]. The summed E-state index contributed by atoms with van der Waals surface area (Å²) >= 11 is 0.902. The Morgan fingerprint density at radius 3 is 2.55 bits per heavy atom. The topological polar surface area (TPSA) is 92.6 Å². The van der Waals surface area contributed by atoms with Gasteiger partial charge in [0.25, 0.3) is 10.0 Å². The molecule has 7 nitrogen and oxygen atoms in total. The van der Waals surface area contributed by atoms with E-state index < -0.39 is 14.9 Å². The molecule has 0 bridgehead atoms. The second kappa shape index (κ2) is 5.30. The average Bonchev–Trinajstić information content (AvgIpc) is 2.92. The fourth-order valence-electron chi connectivity index (χ4n) is 2.51. The zero-order chi connectivity index (χ0) is 15.1. The fourth-order valence-corrected chi connectivity index (χ4v) is 5.69. The Kier molecular flexibility index (Phi) is 4.03. The second-order valence-electron chi connectivity index (χ2n) is 5.05. The van der Waals surface area contributed by atoms with Crippen LogP contribution in [-0.4, -0.2) is 37.3 Å². The molecule has 112 valence electrons. The minimum atomic E-state index is -3.66. The van der Waals surface area contributed by atoms with Crippen molar-refractivity contribution in [2.24, 2.45) is 5.92 Å². The first kappa shape index (κ1) is 15.2. The van der Waals surface area contributed by atoms with Crippen LogP contribution in [0.15, 0.2) is 10.3 Å². The Balaban J connectivity index is 2.42. The average molecular weight is 319 g/mol. The molecule has 0 radical (unpaired) electrons. The molecule has 1 aliphatic rings. The van der Waals surface area contributed by atoms with E-state index >= 15 is 0 Å². The summed E-state index contributed by atoms with van der Waals surface area (Å²) < 4.78 is 26.6. The Morgan fingerprint density at radius 2 is 2.15 bits per heavy atom. The number of rotatable bonds is 4. The molecule has 2 unspecified atom stereocenters. The van der Waals surface area contributed by atoms with Gasteiger partial charge in [0.1, 0.15) is 4.21 Å². The van der Waals surface area contributed by atoms with Crippen LogP contribution in [0.5, 0.6) is 0 Å². The van der Waals surface area contributed by atoms with Crippen LogP contribution in [0.25, 0.3) is 0 Å². The van der Waals surface area contributed by atoms with Crippen molar-refractivity contribution in [3.63, 3.8) is 0 Å². The van der Waals surface area contributed by atoms with E-state index in [0.717, 1.165) is 23.8 Å². The predicted molar refractivity (Wildman–Crippen MR) is 77.7 cm³/mol. The Bertz CT molecular complexity index is 626. The molecule has 2 atom stereocenters. The van der Waals surface area contributed by atoms with E-state index in [0.29, 0.717) is 12.5 Å². The van der Waals surface area contributed by atoms with Gasteiger partial charge in [0, 0.05) is 25.7 Å². The smallest absolute Gasteiger partial charge is 0.304 e. The van der Waals surface area contributed by atoms with Crippen molar-refractivity contribution < 1.29 is 13.3 Å². The quantitative estimate of drug-likeness (QED) is 0.678. The number of nitrogens with zero attached hydrogens (tertiary/aromatic N) is 2. The van der Waals surface area contributed by atoms with Gasteiger partial charge in [-0.2, -0.15) is 4.31 Å². The van der Waals surface area contributed by atoms with E-state index in [1.54, 1.807) is 0 Å². The summed E-state index contributed by atoms with van der Waals surface area (Å²) in [6.07, 6.45) is 0.811. The summed E-state index contributed by atoms with van der Waals surface area (Å²) in [5, 5.41) is 13.9. The van der Waals surface area contributed by atoms with E-state index in [9.17, 15) is 18.5 Å². The molecule has 0 saturated carbocycles. The van der Waals surface area contributed by atoms with Crippen LogP contribution < -0.4 is 5.32 Å². The Morgan fingerprint density at radius 1 is 1.50 bits per heavy atom. The lowest BCUT2D eigenvalue weighted by Crippen LogP contribution is -2.33. The van der Waals surface area contributed by atoms with Gasteiger partial charge in [-0.05, 0) is 19.3 Å². The van der Waals surface area contributed by atoms with E-state index in [2.05, 4.69) is 5.32 Å². The van der Waals surface area contributed by atoms with E-state index in [4.69, 9.17) is 0 Å². The van der Waals surface area contributed by atoms with Crippen LogP contribution in [0, 0.1) is 16.0 Å². The maximum Gasteiger partial charge on any atom is 0.304 e. The first-order chi connectivity index (χ1) is 9.27. The second-order valence-corrected chi connectivity index (χ2v) is 8.22. The number of anilines is 1. The molecule has 0 spiro atoms. The zero-order valence-electron chi connectivity index (χ0n) is 11.5. The van der Waals surface area contributed by atoms with E-state index in [-0.39, 0.29) is 20.9 Å². The number of hydrogen-bond acceptors (Lipinski definition) is 6. The molecule has 1 aliphatic heterocycles. The van der Waals surface area contributed by atoms with Gasteiger partial charge < -0.3 is 5.32 Å². The lowest BCUT2D eigenvalue weighted by molar-refractivity contribution is -0.383. The largest absolute Gasteiger partial charge is 0.374 e. The third kappa shape index (κ3) is 2.52. The molecule has 1 N–H and O–H groups in total. The van der Waals surface area contributed by atoms with Crippen molar-refractivity contribution in [3.8, 4) is 0 Å². The normalized spacial score (nSPS) is 23.9. The third-order valence-corrected chi connectivity index (χ3v) is 6.97. The van der Waals surface area contributed by atoms with Gasteiger partial charge in [0.2, 0.25) is 0 Å². The standard InChI is InChI=1S/C11H17N3O4S2/c1-7-4-8(2)13(6-7)20(17,18)10-5-9(14(15)16)11(12-3)19-10/h5,7-8,12H,4,6H2,1-3H3. The number of sulfonamides is 1. The molecular formula is C11H17N3O4S2. The molecule has 9 heteroatoms. The predicted octanol–water partition coefficient (Wildman–Crippen LogP) is 2.12. The maximum absolute atomic E-state index is 12.6. The van der Waals surface area contributed by atoms with Crippen molar-refractivity contribution >= 4 is 32.0 Å². The minimum Gasteiger partial charge on any atom is -0.374 e. The summed E-state index contributed by atoms with van der Waals surface area (Å²) in [6, 6.07) is 1.07. The van der Waals surface area contributed by atoms with Gasteiger partial charge in [-0.25, -0.2) is 8.42 Å². The van der Waals surface area contributed by atoms with Gasteiger partial charge in [0.05, 0.1) is 4.92 Å². The summed E-state index contributed by atoms with van der Waals surface area (Å²) in [4.78, 5) is 10.4. The van der Waals surface area contributed by atoms with E-state index in [1.807, 2.05) is 13.8 Å². The van der Waals surface area contributed by atoms with Crippen LogP contribution >= 0.6 is 11.3 Å². The highest BCUT2D eigenvalue weighted by molar-refractivity contribution is 7.91. The maximum atomic E-state index is 12.6. The molecule has 20 heavy (non-hydrogen) atoms. The molecule has 1 aromatic heterocycles. The Labute approximate surface area is 121 Å². The van der Waals surface area contributed by atoms with Gasteiger partial charge in [-0.3, -0.25) is 10.1 Å². The Hall–Kier alpha value is -1.19. The lowest BCUT2D eigenvalue weighted by atomic mass is 10.1. The molecule has 0 aromatic carbocycles. The number of thiophene rings is 1. The van der Waals surface area contributed by atoms with Crippen LogP contribution in [-0.2, 0) is 10.0 Å². The van der Waals surface area contributed by atoms with Gasteiger partial charge in [-0.1, -0.05) is 18.3 Å². The number of nitrogens with one attached hydrogen (secondary N) is 1. The summed E-state index contributed by atoms with van der Waals surface area (Å²) in [5.41, 5.74) is -0.198. The van der Waals surface area contributed by atoms with Crippen molar-refractivity contribution in [1.29, 1.82) is 0 Å². The molecule has 1 saturated heterocycles. The highest BCUT2D eigenvalue weighted by atomic mass is 32.2. The van der Waals surface area contributed by atoms with Crippen molar-refractivity contribution in [2.75, 3.05) is 18.9 Å². The summed E-state index contributed by atoms with van der Waals surface area (Å²) in [6.45, 7) is 4.33. The first-order valence-corrected chi connectivity index (χ1v) is 8.50. The van der Waals surface area contributed by atoms with E-state index in [1.165, 1.54) is 11.4 Å². The molecular weight excluding hydrogens is 302 g/mol. The minimum absolute atomic E-state index is 0.0227. The third-order valence-electron chi connectivity index (χ3n) is 3.40. The first-order valence-electron chi connectivity index (χ1n) is 6.25. The molecule has 2 rings (SSSR count). The lowest BCUT2D eigenvalue weighted by Gasteiger charge is -2.19. The van der Waals surface area contributed by atoms with Gasteiger partial charge in [-0.15, -0.1) is 0 Å². The van der Waals surface area contributed by atoms with Crippen molar-refractivity contribution in [2.45, 2.75) is 30.5 Å². The summed E-state index contributed by atoms with van der Waals surface area (Å²) in [5.74, 6) is 0.304. The molecule has 2 heterocycles. The molecule has 1 fully saturated rings. The van der Waals surface area contributed by atoms with Crippen LogP contribution in [0.1, 0.15) is 20.3 Å². The van der Waals surface area contributed by atoms with Crippen LogP contribution in [0.2, 0.25) is 0 Å². The van der Waals surface area contributed by atoms with Crippen molar-refractivity contribution in [3.05, 3.63) is 16.2 Å². The highest BCUT2D eigenvalue weighted by Gasteiger charge is 2.38. The number of hydrogen-bond donors (Lipinski definition) is 1. The zero-order valence-corrected chi connectivity index (χ0v) is 13.1. The summed E-state index contributed by atoms with van der Waals surface area (Å²) in [7, 11) is -2.12. The van der Waals surface area contributed by atoms with Gasteiger partial charge in [0.15, 0.2) is 5.00 Å². The molecule has 0 amide bonds. The van der Waals surface area contributed by atoms with Crippen LogP contribution in [0.3, 0.4) is 0 Å². The monoisotopic (exact) mass is 319 g/mol. The van der Waals surface area contributed by atoms with Gasteiger partial charge >= 0.3 is 5.69 Å². The van der Waals surface area contributed by atoms with Crippen molar-refractivity contribution in [1.82, 2.24) is 4.31 Å². The fraction of sp³-hybridized carbons (Fsp3) is 0.636. The molecule has 0 aliphatic carbocycles. The molecule has 1 aromatic rings.